The lowest BCUT2D eigenvalue weighted by molar-refractivity contribution is -0.124. The molecule has 4 aromatic rings. The van der Waals surface area contributed by atoms with Crippen LogP contribution in [0.5, 0.6) is 0 Å². The lowest BCUT2D eigenvalue weighted by Gasteiger charge is -2.20. The number of para-hydroxylation sites is 2. The summed E-state index contributed by atoms with van der Waals surface area (Å²) in [5.41, 5.74) is 1.80. The van der Waals surface area contributed by atoms with Crippen LogP contribution in [0.2, 0.25) is 0 Å². The van der Waals surface area contributed by atoms with Gasteiger partial charge in [0.1, 0.15) is 11.5 Å². The van der Waals surface area contributed by atoms with Crippen molar-refractivity contribution in [3.05, 3.63) is 117 Å². The molecular weight excluding hydrogens is 466 g/mol. The van der Waals surface area contributed by atoms with Gasteiger partial charge in [0, 0.05) is 25.6 Å². The Morgan fingerprint density at radius 1 is 0.865 bits per heavy atom. The van der Waals surface area contributed by atoms with Gasteiger partial charge in [0.2, 0.25) is 0 Å². The first-order valence-corrected chi connectivity index (χ1v) is 12.1. The SMILES string of the molecule is Cc1c(-n2c(C=C3C(=O)N(C)C4C=CC=CC34)nc3ccccc3c2=O)c(=O)n(-c2ccccc2)n1C. The van der Waals surface area contributed by atoms with Crippen molar-refractivity contribution in [2.45, 2.75) is 13.0 Å². The molecule has 0 radical (unpaired) electrons. The number of rotatable bonds is 3. The molecule has 1 fully saturated rings. The minimum absolute atomic E-state index is 0.0989. The summed E-state index contributed by atoms with van der Waals surface area (Å²) in [5.74, 6) is -0.0566. The first-order valence-electron chi connectivity index (χ1n) is 12.1. The van der Waals surface area contributed by atoms with E-state index in [0.717, 1.165) is 0 Å². The lowest BCUT2D eigenvalue weighted by Crippen LogP contribution is -2.29. The predicted octanol–water partition coefficient (Wildman–Crippen LogP) is 3.15. The first-order chi connectivity index (χ1) is 17.9. The van der Waals surface area contributed by atoms with Crippen molar-refractivity contribution in [3.63, 3.8) is 0 Å². The highest BCUT2D eigenvalue weighted by molar-refractivity contribution is 6.01. The molecule has 2 aliphatic rings. The molecule has 2 aromatic carbocycles. The van der Waals surface area contributed by atoms with Crippen LogP contribution in [0.15, 0.2) is 94.1 Å². The molecule has 2 atom stereocenters. The van der Waals surface area contributed by atoms with Crippen LogP contribution in [-0.4, -0.2) is 42.8 Å². The molecule has 37 heavy (non-hydrogen) atoms. The fourth-order valence-corrected chi connectivity index (χ4v) is 5.31. The molecule has 0 bridgehead atoms. The second-order valence-electron chi connectivity index (χ2n) is 9.34. The maximum absolute atomic E-state index is 13.9. The van der Waals surface area contributed by atoms with Crippen LogP contribution in [0, 0.1) is 12.8 Å². The Balaban J connectivity index is 1.66. The maximum Gasteiger partial charge on any atom is 0.296 e. The predicted molar refractivity (Wildman–Crippen MR) is 143 cm³/mol. The number of amides is 1. The molecule has 1 amide bonds. The summed E-state index contributed by atoms with van der Waals surface area (Å²) in [4.78, 5) is 47.5. The summed E-state index contributed by atoms with van der Waals surface area (Å²) in [7, 11) is 3.55. The van der Waals surface area contributed by atoms with Crippen LogP contribution >= 0.6 is 0 Å². The van der Waals surface area contributed by atoms with Gasteiger partial charge in [0.15, 0.2) is 0 Å². The fraction of sp³-hybridized carbons (Fsp3) is 0.172. The van der Waals surface area contributed by atoms with Crippen molar-refractivity contribution in [2.75, 3.05) is 7.05 Å². The number of carbonyl (C=O) groups excluding carboxylic acids is 1. The smallest absolute Gasteiger partial charge is 0.296 e. The molecule has 1 aliphatic heterocycles. The van der Waals surface area contributed by atoms with Gasteiger partial charge in [0.25, 0.3) is 17.0 Å². The van der Waals surface area contributed by atoms with E-state index >= 15 is 0 Å². The number of hydrogen-bond donors (Lipinski definition) is 0. The zero-order valence-corrected chi connectivity index (χ0v) is 20.7. The van der Waals surface area contributed by atoms with Gasteiger partial charge < -0.3 is 4.90 Å². The monoisotopic (exact) mass is 491 g/mol. The number of nitrogens with zero attached hydrogens (tertiary/aromatic N) is 5. The molecule has 2 unspecified atom stereocenters. The number of likely N-dealkylation sites (tertiary alicyclic amines) is 1. The highest BCUT2D eigenvalue weighted by Crippen LogP contribution is 2.34. The number of carbonyl (C=O) groups is 1. The van der Waals surface area contributed by atoms with E-state index in [1.165, 1.54) is 9.25 Å². The Hall–Kier alpha value is -4.72. The van der Waals surface area contributed by atoms with E-state index in [-0.39, 0.29) is 40.5 Å². The molecule has 8 heteroatoms. The van der Waals surface area contributed by atoms with Crippen molar-refractivity contribution in [1.82, 2.24) is 23.8 Å². The average Bonchev–Trinajstić information content (AvgIpc) is 3.28. The average molecular weight is 492 g/mol. The van der Waals surface area contributed by atoms with Crippen molar-refractivity contribution in [3.8, 4) is 11.4 Å². The molecule has 3 heterocycles. The Kier molecular flexibility index (Phi) is 5.19. The molecule has 8 nitrogen and oxygen atoms in total. The molecule has 184 valence electrons. The molecule has 2 aromatic heterocycles. The van der Waals surface area contributed by atoms with Gasteiger partial charge in [-0.2, -0.15) is 0 Å². The van der Waals surface area contributed by atoms with Crippen molar-refractivity contribution < 1.29 is 4.79 Å². The van der Waals surface area contributed by atoms with Crippen molar-refractivity contribution in [2.24, 2.45) is 13.0 Å². The summed E-state index contributed by atoms with van der Waals surface area (Å²) < 4.78 is 4.61. The molecule has 6 rings (SSSR count). The molecule has 0 N–H and O–H groups in total. The third-order valence-electron chi connectivity index (χ3n) is 7.31. The number of likely N-dealkylation sites (N-methyl/N-ethyl adjacent to an activating group) is 1. The summed E-state index contributed by atoms with van der Waals surface area (Å²) >= 11 is 0. The summed E-state index contributed by atoms with van der Waals surface area (Å²) in [6.45, 7) is 1.80. The van der Waals surface area contributed by atoms with Crippen LogP contribution in [0.25, 0.3) is 28.4 Å². The molecule has 0 spiro atoms. The molecule has 1 aliphatic carbocycles. The summed E-state index contributed by atoms with van der Waals surface area (Å²) in [6.07, 6.45) is 9.49. The van der Waals surface area contributed by atoms with E-state index < -0.39 is 0 Å². The topological polar surface area (TPSA) is 82.1 Å². The van der Waals surface area contributed by atoms with E-state index in [1.807, 2.05) is 60.7 Å². The Morgan fingerprint density at radius 2 is 1.57 bits per heavy atom. The molecular formula is C29H25N5O3. The molecule has 0 saturated carbocycles. The second-order valence-corrected chi connectivity index (χ2v) is 9.34. The van der Waals surface area contributed by atoms with E-state index in [2.05, 4.69) is 0 Å². The highest BCUT2D eigenvalue weighted by Gasteiger charge is 2.40. The van der Waals surface area contributed by atoms with Gasteiger partial charge in [-0.3, -0.25) is 23.6 Å². The van der Waals surface area contributed by atoms with E-state index in [0.29, 0.717) is 27.9 Å². The van der Waals surface area contributed by atoms with Crippen LogP contribution in [-0.2, 0) is 11.8 Å². The zero-order chi connectivity index (χ0) is 25.8. The quantitative estimate of drug-likeness (QED) is 0.413. The number of hydrogen-bond acceptors (Lipinski definition) is 4. The number of aromatic nitrogens is 4. The first kappa shape index (κ1) is 22.7. The third-order valence-corrected chi connectivity index (χ3v) is 7.31. The van der Waals surface area contributed by atoms with Gasteiger partial charge in [-0.25, -0.2) is 9.67 Å². The minimum atomic E-state index is -0.363. The third kappa shape index (κ3) is 3.36. The number of benzene rings is 2. The standard InChI is InChI=1S/C29H25N5O3/c1-18-26(29(37)34(32(18)3)19-11-5-4-6-12-19)33-25(30-23-15-9-7-14-21(23)28(33)36)17-22-20-13-8-10-16-24(20)31(2)27(22)35/h4-17,20,24H,1-3H3. The van der Waals surface area contributed by atoms with E-state index in [9.17, 15) is 14.4 Å². The van der Waals surface area contributed by atoms with Gasteiger partial charge in [-0.05, 0) is 37.3 Å². The Morgan fingerprint density at radius 3 is 2.35 bits per heavy atom. The molecule has 1 saturated heterocycles. The van der Waals surface area contributed by atoms with Crippen LogP contribution in [0.3, 0.4) is 0 Å². The maximum atomic E-state index is 13.9. The number of allylic oxidation sites excluding steroid dienone is 2. The minimum Gasteiger partial charge on any atom is -0.335 e. The van der Waals surface area contributed by atoms with Gasteiger partial charge in [-0.1, -0.05) is 54.6 Å². The van der Waals surface area contributed by atoms with Crippen molar-refractivity contribution in [1.29, 1.82) is 0 Å². The summed E-state index contributed by atoms with van der Waals surface area (Å²) in [6, 6.07) is 16.2. The number of fused-ring (bicyclic) bond motifs is 2. The second kappa shape index (κ2) is 8.44. The van der Waals surface area contributed by atoms with Crippen LogP contribution in [0.4, 0.5) is 0 Å². The largest absolute Gasteiger partial charge is 0.335 e. The van der Waals surface area contributed by atoms with Crippen molar-refractivity contribution >= 4 is 22.9 Å². The van der Waals surface area contributed by atoms with Crippen LogP contribution in [0.1, 0.15) is 11.5 Å². The van der Waals surface area contributed by atoms with E-state index in [1.54, 1.807) is 54.9 Å². The Bertz CT molecular complexity index is 1790. The van der Waals surface area contributed by atoms with Crippen LogP contribution < -0.4 is 11.1 Å². The van der Waals surface area contributed by atoms with Gasteiger partial charge in [-0.15, -0.1) is 0 Å². The van der Waals surface area contributed by atoms with Gasteiger partial charge in [0.05, 0.1) is 28.3 Å². The van der Waals surface area contributed by atoms with E-state index in [4.69, 9.17) is 4.98 Å². The van der Waals surface area contributed by atoms with Gasteiger partial charge >= 0.3 is 0 Å². The Labute approximate surface area is 212 Å². The normalized spacial score (nSPS) is 19.8. The summed E-state index contributed by atoms with van der Waals surface area (Å²) in [5, 5.41) is 0.395. The highest BCUT2D eigenvalue weighted by atomic mass is 16.2. The fourth-order valence-electron chi connectivity index (χ4n) is 5.31. The zero-order valence-electron chi connectivity index (χ0n) is 20.7. The lowest BCUT2D eigenvalue weighted by atomic mass is 9.91.